The van der Waals surface area contributed by atoms with Gasteiger partial charge in [0.2, 0.25) is 0 Å². The number of rotatable bonds is 6. The van der Waals surface area contributed by atoms with Crippen LogP contribution in [0.5, 0.6) is 0 Å². The Balaban J connectivity index is 2.18. The maximum Gasteiger partial charge on any atom is 0.169 e. The number of oxime groups is 1. The number of allylic oxidation sites excluding steroid dienone is 2. The summed E-state index contributed by atoms with van der Waals surface area (Å²) >= 11 is 0. The van der Waals surface area contributed by atoms with Gasteiger partial charge in [0.15, 0.2) is 5.84 Å². The third kappa shape index (κ3) is 3.79. The molecule has 2 aromatic heterocycles. The van der Waals surface area contributed by atoms with Crippen molar-refractivity contribution in [3.05, 3.63) is 66.2 Å². The van der Waals surface area contributed by atoms with Crippen molar-refractivity contribution in [2.45, 2.75) is 13.8 Å². The fraction of sp³-hybridized carbons (Fsp3) is 0.176. The Hall–Kier alpha value is -3.02. The molecule has 120 valence electrons. The molecule has 6 nitrogen and oxygen atoms in total. The summed E-state index contributed by atoms with van der Waals surface area (Å²) in [6.45, 7) is 4.38. The number of amidine groups is 1. The number of hydrogen-bond donors (Lipinski definition) is 3. The topological polar surface area (TPSA) is 87.9 Å². The van der Waals surface area contributed by atoms with Gasteiger partial charge >= 0.3 is 0 Å². The first-order valence-electron chi connectivity index (χ1n) is 7.34. The highest BCUT2D eigenvalue weighted by Crippen LogP contribution is 2.14. The van der Waals surface area contributed by atoms with Gasteiger partial charge < -0.3 is 16.3 Å². The van der Waals surface area contributed by atoms with E-state index in [1.807, 2.05) is 67.1 Å². The van der Waals surface area contributed by atoms with Crippen LogP contribution in [0.2, 0.25) is 0 Å². The lowest BCUT2D eigenvalue weighted by Gasteiger charge is -2.09. The van der Waals surface area contributed by atoms with E-state index in [0.29, 0.717) is 12.1 Å². The summed E-state index contributed by atoms with van der Waals surface area (Å²) in [6, 6.07) is 5.88. The third-order valence-electron chi connectivity index (χ3n) is 3.35. The van der Waals surface area contributed by atoms with Crippen molar-refractivity contribution >= 4 is 17.2 Å². The maximum atomic E-state index is 8.80. The van der Waals surface area contributed by atoms with Crippen molar-refractivity contribution in [1.82, 2.24) is 14.7 Å². The van der Waals surface area contributed by atoms with Gasteiger partial charge in [-0.3, -0.25) is 4.40 Å². The van der Waals surface area contributed by atoms with Crippen LogP contribution >= 0.6 is 0 Å². The van der Waals surface area contributed by atoms with Crippen molar-refractivity contribution in [2.24, 2.45) is 10.9 Å². The van der Waals surface area contributed by atoms with Crippen molar-refractivity contribution in [3.8, 4) is 0 Å². The van der Waals surface area contributed by atoms with E-state index in [2.05, 4.69) is 15.5 Å². The Morgan fingerprint density at radius 1 is 1.43 bits per heavy atom. The molecular weight excluding hydrogens is 290 g/mol. The zero-order valence-corrected chi connectivity index (χ0v) is 13.3. The number of aromatic nitrogens is 2. The van der Waals surface area contributed by atoms with E-state index in [1.54, 1.807) is 6.08 Å². The van der Waals surface area contributed by atoms with Gasteiger partial charge in [0.1, 0.15) is 5.65 Å². The van der Waals surface area contributed by atoms with Crippen LogP contribution in [0.3, 0.4) is 0 Å². The molecule has 0 amide bonds. The molecule has 0 saturated heterocycles. The fourth-order valence-corrected chi connectivity index (χ4v) is 2.24. The third-order valence-corrected chi connectivity index (χ3v) is 3.35. The van der Waals surface area contributed by atoms with Crippen LogP contribution in [-0.4, -0.2) is 27.0 Å². The molecule has 2 rings (SSSR count). The van der Waals surface area contributed by atoms with Gasteiger partial charge in [-0.1, -0.05) is 35.5 Å². The number of hydrogen-bond acceptors (Lipinski definition) is 4. The molecule has 0 bridgehead atoms. The molecule has 2 heterocycles. The van der Waals surface area contributed by atoms with E-state index in [1.165, 1.54) is 0 Å². The highest BCUT2D eigenvalue weighted by Gasteiger charge is 2.06. The minimum absolute atomic E-state index is 0.0849. The van der Waals surface area contributed by atoms with E-state index < -0.39 is 0 Å². The van der Waals surface area contributed by atoms with Crippen LogP contribution in [0.15, 0.2) is 65.6 Å². The highest BCUT2D eigenvalue weighted by molar-refractivity contribution is 5.99. The molecule has 0 aromatic carbocycles. The molecule has 23 heavy (non-hydrogen) atoms. The Morgan fingerprint density at radius 2 is 2.26 bits per heavy atom. The number of imidazole rings is 1. The van der Waals surface area contributed by atoms with E-state index >= 15 is 0 Å². The molecule has 0 saturated carbocycles. The summed E-state index contributed by atoms with van der Waals surface area (Å²) in [7, 11) is 0. The standard InChI is InChI=1S/C17H21N5O/c1-3-7-13(17(18)21-23)9-10-19-14(4-2)15-12-20-16-8-5-6-11-22(15)16/h3-9,11-12,19,23H,10H2,1-2H3,(H2,18,21)/b7-3-,13-9+,14-4+. The smallest absolute Gasteiger partial charge is 0.169 e. The van der Waals surface area contributed by atoms with Crippen molar-refractivity contribution in [3.63, 3.8) is 0 Å². The monoisotopic (exact) mass is 311 g/mol. The zero-order chi connectivity index (χ0) is 16.7. The average molecular weight is 311 g/mol. The molecule has 0 unspecified atom stereocenters. The predicted molar refractivity (Wildman–Crippen MR) is 93.2 cm³/mol. The Morgan fingerprint density at radius 3 is 2.96 bits per heavy atom. The Bertz CT molecular complexity index is 783. The summed E-state index contributed by atoms with van der Waals surface area (Å²) in [6.07, 6.45) is 11.3. The van der Waals surface area contributed by atoms with Crippen LogP contribution in [0.4, 0.5) is 0 Å². The summed E-state index contributed by atoms with van der Waals surface area (Å²) in [5.74, 6) is 0.0849. The van der Waals surface area contributed by atoms with Gasteiger partial charge in [-0.05, 0) is 26.0 Å². The first-order chi connectivity index (χ1) is 11.2. The van der Waals surface area contributed by atoms with Gasteiger partial charge in [-0.15, -0.1) is 0 Å². The SMILES string of the molecule is C\C=C/C(=C\CN/C(=C/C)c1cnc2ccccn12)C(/N)=N/O. The Labute approximate surface area is 135 Å². The maximum absolute atomic E-state index is 8.80. The minimum atomic E-state index is 0.0849. The first-order valence-corrected chi connectivity index (χ1v) is 7.34. The number of nitrogens with two attached hydrogens (primary N) is 1. The number of nitrogens with one attached hydrogen (secondary N) is 1. The quantitative estimate of drug-likeness (QED) is 0.251. The largest absolute Gasteiger partial charge is 0.409 e. The summed E-state index contributed by atoms with van der Waals surface area (Å²) in [5.41, 5.74) is 9.14. The predicted octanol–water partition coefficient (Wildman–Crippen LogP) is 2.53. The first kappa shape index (κ1) is 16.4. The number of pyridine rings is 1. The van der Waals surface area contributed by atoms with Crippen molar-refractivity contribution in [2.75, 3.05) is 6.54 Å². The van der Waals surface area contributed by atoms with Crippen molar-refractivity contribution < 1.29 is 5.21 Å². The molecule has 0 fully saturated rings. The average Bonchev–Trinajstić information content (AvgIpc) is 3.01. The second-order valence-corrected chi connectivity index (χ2v) is 4.80. The lowest BCUT2D eigenvalue weighted by atomic mass is 10.2. The number of nitrogens with zero attached hydrogens (tertiary/aromatic N) is 3. The van der Waals surface area contributed by atoms with Crippen LogP contribution in [0, 0.1) is 0 Å². The minimum Gasteiger partial charge on any atom is -0.409 e. The molecule has 4 N–H and O–H groups in total. The van der Waals surface area contributed by atoms with E-state index in [9.17, 15) is 0 Å². The Kier molecular flexibility index (Phi) is 5.57. The summed E-state index contributed by atoms with van der Waals surface area (Å²) < 4.78 is 2.02. The van der Waals surface area contributed by atoms with Crippen LogP contribution in [0.1, 0.15) is 19.5 Å². The number of fused-ring (bicyclic) bond motifs is 1. The van der Waals surface area contributed by atoms with Gasteiger partial charge in [0.25, 0.3) is 0 Å². The molecular formula is C17H21N5O. The molecule has 2 aromatic rings. The molecule has 0 radical (unpaired) electrons. The summed E-state index contributed by atoms with van der Waals surface area (Å²) in [4.78, 5) is 4.39. The van der Waals surface area contributed by atoms with Gasteiger partial charge in [-0.25, -0.2) is 4.98 Å². The van der Waals surface area contributed by atoms with E-state index in [-0.39, 0.29) is 5.84 Å². The van der Waals surface area contributed by atoms with Crippen LogP contribution in [-0.2, 0) is 0 Å². The highest BCUT2D eigenvalue weighted by atomic mass is 16.4. The molecule has 0 aliphatic carbocycles. The molecule has 6 heteroatoms. The fourth-order valence-electron chi connectivity index (χ4n) is 2.24. The molecule has 0 aliphatic heterocycles. The summed E-state index contributed by atoms with van der Waals surface area (Å²) in [5, 5.41) is 15.2. The zero-order valence-electron chi connectivity index (χ0n) is 13.3. The van der Waals surface area contributed by atoms with E-state index in [4.69, 9.17) is 10.9 Å². The van der Waals surface area contributed by atoms with Gasteiger partial charge in [0, 0.05) is 18.3 Å². The normalized spacial score (nSPS) is 13.9. The van der Waals surface area contributed by atoms with Crippen molar-refractivity contribution in [1.29, 1.82) is 0 Å². The van der Waals surface area contributed by atoms with Gasteiger partial charge in [-0.2, -0.15) is 0 Å². The lowest BCUT2D eigenvalue weighted by Crippen LogP contribution is -2.18. The molecule has 0 atom stereocenters. The second-order valence-electron chi connectivity index (χ2n) is 4.80. The van der Waals surface area contributed by atoms with E-state index in [0.717, 1.165) is 17.0 Å². The lowest BCUT2D eigenvalue weighted by molar-refractivity contribution is 0.318. The van der Waals surface area contributed by atoms with Crippen LogP contribution in [0.25, 0.3) is 11.3 Å². The molecule has 0 aliphatic rings. The van der Waals surface area contributed by atoms with Gasteiger partial charge in [0.05, 0.1) is 17.6 Å². The van der Waals surface area contributed by atoms with Crippen LogP contribution < -0.4 is 11.1 Å². The molecule has 0 spiro atoms. The second kappa shape index (κ2) is 7.84.